The largest absolute Gasteiger partial charge is 0.505 e. The number of hydrogen-bond donors (Lipinski definition) is 2. The average molecular weight is 357 g/mol. The highest BCUT2D eigenvalue weighted by atomic mass is 35.5. The lowest BCUT2D eigenvalue weighted by atomic mass is 10.1. The molecule has 0 spiro atoms. The van der Waals surface area contributed by atoms with E-state index in [4.69, 9.17) is 21.4 Å². The Morgan fingerprint density at radius 1 is 1.04 bits per heavy atom. The summed E-state index contributed by atoms with van der Waals surface area (Å²) in [6.07, 6.45) is 1.53. The molecule has 0 aliphatic carbocycles. The summed E-state index contributed by atoms with van der Waals surface area (Å²) in [5.41, 5.74) is 1.73. The highest BCUT2D eigenvalue weighted by Gasteiger charge is 2.14. The zero-order valence-electron chi connectivity index (χ0n) is 12.9. The highest BCUT2D eigenvalue weighted by molar-refractivity contribution is 6.31. The number of nitrogens with zero attached hydrogens (tertiary/aromatic N) is 4. The minimum absolute atomic E-state index is 0.0140. The molecular weight excluding hydrogens is 344 g/mol. The van der Waals surface area contributed by atoms with Crippen LogP contribution in [0.5, 0.6) is 11.6 Å². The SMILES string of the molecule is OCCOc1nccc2c(O)c(-n3nc4ccc(Cl)cc4n3)ccc12. The van der Waals surface area contributed by atoms with Gasteiger partial charge in [0.2, 0.25) is 5.88 Å². The molecule has 2 aromatic heterocycles. The van der Waals surface area contributed by atoms with Gasteiger partial charge in [-0.25, -0.2) is 4.98 Å². The van der Waals surface area contributed by atoms with Crippen molar-refractivity contribution in [2.75, 3.05) is 13.2 Å². The van der Waals surface area contributed by atoms with Gasteiger partial charge in [-0.1, -0.05) is 11.6 Å². The second kappa shape index (κ2) is 6.19. The molecule has 4 rings (SSSR count). The zero-order chi connectivity index (χ0) is 17.4. The van der Waals surface area contributed by atoms with Crippen LogP contribution in [0.4, 0.5) is 0 Å². The van der Waals surface area contributed by atoms with E-state index in [-0.39, 0.29) is 19.0 Å². The van der Waals surface area contributed by atoms with Crippen LogP contribution in [0.15, 0.2) is 42.6 Å². The maximum absolute atomic E-state index is 10.7. The van der Waals surface area contributed by atoms with Crippen LogP contribution in [0.2, 0.25) is 5.02 Å². The maximum atomic E-state index is 10.7. The molecular formula is C17H13ClN4O3. The molecule has 0 fully saturated rings. The lowest BCUT2D eigenvalue weighted by molar-refractivity contribution is 0.198. The Labute approximate surface area is 147 Å². The number of phenols is 1. The van der Waals surface area contributed by atoms with Gasteiger partial charge in [-0.2, -0.15) is 0 Å². The van der Waals surface area contributed by atoms with Gasteiger partial charge in [0.25, 0.3) is 0 Å². The van der Waals surface area contributed by atoms with Crippen molar-refractivity contribution < 1.29 is 14.9 Å². The van der Waals surface area contributed by atoms with E-state index in [9.17, 15) is 5.11 Å². The van der Waals surface area contributed by atoms with Crippen molar-refractivity contribution in [1.82, 2.24) is 20.0 Å². The summed E-state index contributed by atoms with van der Waals surface area (Å²) < 4.78 is 5.41. The molecule has 0 unspecified atom stereocenters. The number of hydrogen-bond acceptors (Lipinski definition) is 6. The smallest absolute Gasteiger partial charge is 0.221 e. The number of benzene rings is 2. The number of pyridine rings is 1. The first-order chi connectivity index (χ1) is 12.2. The van der Waals surface area contributed by atoms with Gasteiger partial charge in [0.1, 0.15) is 23.3 Å². The maximum Gasteiger partial charge on any atom is 0.221 e. The summed E-state index contributed by atoms with van der Waals surface area (Å²) in [6.45, 7) is 0.00990. The summed E-state index contributed by atoms with van der Waals surface area (Å²) in [5, 5.41) is 30.1. The predicted molar refractivity (Wildman–Crippen MR) is 93.4 cm³/mol. The average Bonchev–Trinajstić information content (AvgIpc) is 3.03. The molecule has 2 N–H and O–H groups in total. The summed E-state index contributed by atoms with van der Waals surface area (Å²) in [6, 6.07) is 10.4. The minimum atomic E-state index is -0.117. The van der Waals surface area contributed by atoms with E-state index < -0.39 is 0 Å². The molecule has 2 aromatic carbocycles. The van der Waals surface area contributed by atoms with Crippen LogP contribution >= 0.6 is 11.6 Å². The molecule has 0 saturated heterocycles. The topological polar surface area (TPSA) is 93.3 Å². The minimum Gasteiger partial charge on any atom is -0.505 e. The molecule has 2 heterocycles. The Bertz CT molecular complexity index is 1080. The molecule has 0 aliphatic rings. The number of rotatable bonds is 4. The first-order valence-electron chi connectivity index (χ1n) is 7.54. The van der Waals surface area contributed by atoms with Gasteiger partial charge in [-0.3, -0.25) is 0 Å². The van der Waals surface area contributed by atoms with E-state index in [0.717, 1.165) is 0 Å². The van der Waals surface area contributed by atoms with E-state index in [2.05, 4.69) is 15.2 Å². The number of ether oxygens (including phenoxy) is 1. The number of aliphatic hydroxyl groups is 1. The fraction of sp³-hybridized carbons (Fsp3) is 0.118. The molecule has 8 heteroatoms. The Morgan fingerprint density at radius 3 is 2.72 bits per heavy atom. The van der Waals surface area contributed by atoms with Crippen molar-refractivity contribution in [2.45, 2.75) is 0 Å². The van der Waals surface area contributed by atoms with Crippen molar-refractivity contribution in [3.05, 3.63) is 47.6 Å². The summed E-state index contributed by atoms with van der Waals surface area (Å²) >= 11 is 5.98. The van der Waals surface area contributed by atoms with Gasteiger partial charge in [0.15, 0.2) is 5.75 Å². The lowest BCUT2D eigenvalue weighted by Gasteiger charge is -2.10. The van der Waals surface area contributed by atoms with Gasteiger partial charge in [-0.05, 0) is 36.4 Å². The van der Waals surface area contributed by atoms with Crippen molar-refractivity contribution in [1.29, 1.82) is 0 Å². The van der Waals surface area contributed by atoms with Gasteiger partial charge in [-0.15, -0.1) is 15.0 Å². The molecule has 0 bridgehead atoms. The molecule has 0 amide bonds. The third kappa shape index (κ3) is 2.73. The standard InChI is InChI=1S/C17H13ClN4O3/c18-10-1-3-13-14(9-10)21-22(20-13)15-4-2-12-11(16(15)24)5-6-19-17(12)25-8-7-23/h1-6,9,23-24H,7-8H2. The molecule has 0 saturated carbocycles. The number of aromatic hydroxyl groups is 1. The van der Waals surface area contributed by atoms with E-state index in [1.165, 1.54) is 11.0 Å². The molecule has 0 atom stereocenters. The summed E-state index contributed by atoms with van der Waals surface area (Å²) in [7, 11) is 0. The molecule has 0 aliphatic heterocycles. The first kappa shape index (κ1) is 15.6. The van der Waals surface area contributed by atoms with Crippen LogP contribution in [-0.2, 0) is 0 Å². The number of phenolic OH excluding ortho intramolecular Hbond substituents is 1. The van der Waals surface area contributed by atoms with E-state index in [1.54, 1.807) is 36.4 Å². The lowest BCUT2D eigenvalue weighted by Crippen LogP contribution is -2.04. The quantitative estimate of drug-likeness (QED) is 0.584. The van der Waals surface area contributed by atoms with E-state index in [1.807, 2.05) is 0 Å². The van der Waals surface area contributed by atoms with Gasteiger partial charge in [0, 0.05) is 22.0 Å². The Kier molecular flexibility index (Phi) is 3.87. The molecule has 0 radical (unpaired) electrons. The second-order valence-electron chi connectivity index (χ2n) is 5.34. The van der Waals surface area contributed by atoms with Crippen LogP contribution < -0.4 is 4.74 Å². The number of aliphatic hydroxyl groups excluding tert-OH is 1. The molecule has 4 aromatic rings. The van der Waals surface area contributed by atoms with Crippen LogP contribution in [0, 0.1) is 0 Å². The number of halogens is 1. The van der Waals surface area contributed by atoms with E-state index in [0.29, 0.717) is 38.4 Å². The Balaban J connectivity index is 1.85. The monoisotopic (exact) mass is 356 g/mol. The third-order valence-corrected chi connectivity index (χ3v) is 3.98. The number of aromatic nitrogens is 4. The van der Waals surface area contributed by atoms with Crippen molar-refractivity contribution >= 4 is 33.4 Å². The highest BCUT2D eigenvalue weighted by Crippen LogP contribution is 2.34. The van der Waals surface area contributed by atoms with Crippen molar-refractivity contribution in [3.8, 4) is 17.3 Å². The Morgan fingerprint density at radius 2 is 1.88 bits per heavy atom. The predicted octanol–water partition coefficient (Wildman–Crippen LogP) is 2.70. The third-order valence-electron chi connectivity index (χ3n) is 3.75. The van der Waals surface area contributed by atoms with Crippen molar-refractivity contribution in [2.24, 2.45) is 0 Å². The zero-order valence-corrected chi connectivity index (χ0v) is 13.7. The molecule has 7 nitrogen and oxygen atoms in total. The Hall–Kier alpha value is -2.90. The van der Waals surface area contributed by atoms with Crippen LogP contribution in [0.1, 0.15) is 0 Å². The number of fused-ring (bicyclic) bond motifs is 2. The van der Waals surface area contributed by atoms with Gasteiger partial charge in [0.05, 0.1) is 6.61 Å². The fourth-order valence-electron chi connectivity index (χ4n) is 2.61. The first-order valence-corrected chi connectivity index (χ1v) is 7.92. The van der Waals surface area contributed by atoms with Crippen LogP contribution in [-0.4, -0.2) is 43.4 Å². The van der Waals surface area contributed by atoms with Gasteiger partial charge < -0.3 is 14.9 Å². The normalized spacial score (nSPS) is 11.3. The summed E-state index contributed by atoms with van der Waals surface area (Å²) in [5.74, 6) is 0.360. The van der Waals surface area contributed by atoms with Gasteiger partial charge >= 0.3 is 0 Å². The fourth-order valence-corrected chi connectivity index (χ4v) is 2.78. The molecule has 25 heavy (non-hydrogen) atoms. The van der Waals surface area contributed by atoms with Crippen LogP contribution in [0.3, 0.4) is 0 Å². The van der Waals surface area contributed by atoms with E-state index >= 15 is 0 Å². The molecule has 126 valence electrons. The summed E-state index contributed by atoms with van der Waals surface area (Å²) in [4.78, 5) is 5.50. The second-order valence-corrected chi connectivity index (χ2v) is 5.78. The van der Waals surface area contributed by atoms with Crippen molar-refractivity contribution in [3.63, 3.8) is 0 Å². The van der Waals surface area contributed by atoms with Crippen LogP contribution in [0.25, 0.3) is 27.5 Å².